The summed E-state index contributed by atoms with van der Waals surface area (Å²) in [5, 5.41) is 5.64. The van der Waals surface area contributed by atoms with Gasteiger partial charge in [0.2, 0.25) is 5.91 Å². The largest absolute Gasteiger partial charge is 0.497 e. The SMILES string of the molecule is COc1cccc(NC(=O)N2CCCC2C(=O)Nc2ccc(C(C)=O)cc2)c1. The minimum absolute atomic E-state index is 0.0333. The Bertz CT molecular complexity index is 879. The predicted octanol–water partition coefficient (Wildman–Crippen LogP) is 3.53. The summed E-state index contributed by atoms with van der Waals surface area (Å²) in [6.45, 7) is 2.00. The van der Waals surface area contributed by atoms with Crippen LogP contribution in [0.3, 0.4) is 0 Å². The predicted molar refractivity (Wildman–Crippen MR) is 107 cm³/mol. The van der Waals surface area contributed by atoms with Gasteiger partial charge >= 0.3 is 6.03 Å². The van der Waals surface area contributed by atoms with E-state index in [-0.39, 0.29) is 17.7 Å². The molecule has 3 rings (SSSR count). The highest BCUT2D eigenvalue weighted by molar-refractivity contribution is 6.00. The molecule has 1 heterocycles. The number of urea groups is 1. The number of hydrogen-bond donors (Lipinski definition) is 2. The van der Waals surface area contributed by atoms with Gasteiger partial charge in [0, 0.05) is 29.5 Å². The number of nitrogens with zero attached hydrogens (tertiary/aromatic N) is 1. The Morgan fingerprint density at radius 1 is 1.04 bits per heavy atom. The first-order valence-electron chi connectivity index (χ1n) is 9.11. The van der Waals surface area contributed by atoms with Crippen molar-refractivity contribution in [1.29, 1.82) is 0 Å². The van der Waals surface area contributed by atoms with Crippen molar-refractivity contribution in [2.24, 2.45) is 0 Å². The van der Waals surface area contributed by atoms with Crippen LogP contribution in [0.2, 0.25) is 0 Å². The molecule has 0 spiro atoms. The van der Waals surface area contributed by atoms with E-state index in [1.165, 1.54) is 6.92 Å². The van der Waals surface area contributed by atoms with Gasteiger partial charge in [0.15, 0.2) is 5.78 Å². The lowest BCUT2D eigenvalue weighted by atomic mass is 10.1. The van der Waals surface area contributed by atoms with Crippen LogP contribution in [0.4, 0.5) is 16.2 Å². The monoisotopic (exact) mass is 381 g/mol. The number of benzene rings is 2. The number of ether oxygens (including phenoxy) is 1. The number of carbonyl (C=O) groups is 3. The van der Waals surface area contributed by atoms with E-state index in [2.05, 4.69) is 10.6 Å². The second-order valence-electron chi connectivity index (χ2n) is 6.64. The van der Waals surface area contributed by atoms with E-state index >= 15 is 0 Å². The number of amides is 3. The van der Waals surface area contributed by atoms with Crippen LogP contribution in [0.5, 0.6) is 5.75 Å². The average Bonchev–Trinajstić information content (AvgIpc) is 3.19. The Balaban J connectivity index is 1.64. The van der Waals surface area contributed by atoms with Gasteiger partial charge in [-0.25, -0.2) is 4.79 Å². The Morgan fingerprint density at radius 3 is 2.46 bits per heavy atom. The third-order valence-corrected chi connectivity index (χ3v) is 4.70. The summed E-state index contributed by atoms with van der Waals surface area (Å²) in [6.07, 6.45) is 1.36. The van der Waals surface area contributed by atoms with Crippen LogP contribution < -0.4 is 15.4 Å². The molecule has 28 heavy (non-hydrogen) atoms. The van der Waals surface area contributed by atoms with Crippen molar-refractivity contribution in [1.82, 2.24) is 4.90 Å². The number of ketones is 1. The van der Waals surface area contributed by atoms with Crippen molar-refractivity contribution < 1.29 is 19.1 Å². The van der Waals surface area contributed by atoms with E-state index in [0.717, 1.165) is 6.42 Å². The summed E-state index contributed by atoms with van der Waals surface area (Å²) < 4.78 is 5.16. The highest BCUT2D eigenvalue weighted by Crippen LogP contribution is 2.22. The number of carbonyl (C=O) groups excluding carboxylic acids is 3. The quantitative estimate of drug-likeness (QED) is 0.776. The summed E-state index contributed by atoms with van der Waals surface area (Å²) in [5.74, 6) is 0.366. The molecule has 7 nitrogen and oxygen atoms in total. The number of nitrogens with one attached hydrogen (secondary N) is 2. The number of anilines is 2. The smallest absolute Gasteiger partial charge is 0.322 e. The second kappa shape index (κ2) is 8.56. The summed E-state index contributed by atoms with van der Waals surface area (Å²) >= 11 is 0. The number of likely N-dealkylation sites (tertiary alicyclic amines) is 1. The number of Topliss-reactive ketones (excluding diaryl/α,β-unsaturated/α-hetero) is 1. The lowest BCUT2D eigenvalue weighted by Gasteiger charge is -2.24. The standard InChI is InChI=1S/C21H23N3O4/c1-14(25)15-8-10-16(11-9-15)22-20(26)19-7-4-12-24(19)21(27)23-17-5-3-6-18(13-17)28-2/h3,5-6,8-11,13,19H,4,7,12H2,1-2H3,(H,22,26)(H,23,27). The molecule has 1 aliphatic rings. The van der Waals surface area contributed by atoms with Crippen molar-refractivity contribution in [2.45, 2.75) is 25.8 Å². The molecule has 2 N–H and O–H groups in total. The third-order valence-electron chi connectivity index (χ3n) is 4.70. The summed E-state index contributed by atoms with van der Waals surface area (Å²) in [5.41, 5.74) is 1.78. The molecule has 1 unspecified atom stereocenters. The van der Waals surface area contributed by atoms with Crippen LogP contribution in [0.25, 0.3) is 0 Å². The topological polar surface area (TPSA) is 87.7 Å². The molecule has 0 saturated carbocycles. The molecule has 1 saturated heterocycles. The van der Waals surface area contributed by atoms with Crippen LogP contribution in [0.15, 0.2) is 48.5 Å². The third kappa shape index (κ3) is 4.49. The average molecular weight is 381 g/mol. The zero-order valence-electron chi connectivity index (χ0n) is 15.9. The Labute approximate surface area is 163 Å². The highest BCUT2D eigenvalue weighted by Gasteiger charge is 2.34. The van der Waals surface area contributed by atoms with E-state index in [1.54, 1.807) is 60.5 Å². The Hall–Kier alpha value is -3.35. The number of hydrogen-bond acceptors (Lipinski definition) is 4. The molecular weight excluding hydrogens is 358 g/mol. The molecule has 1 aliphatic heterocycles. The van der Waals surface area contributed by atoms with Crippen molar-refractivity contribution in [3.05, 3.63) is 54.1 Å². The van der Waals surface area contributed by atoms with Gasteiger partial charge in [-0.15, -0.1) is 0 Å². The summed E-state index contributed by atoms with van der Waals surface area (Å²) in [6, 6.07) is 12.9. The molecule has 146 valence electrons. The molecule has 7 heteroatoms. The summed E-state index contributed by atoms with van der Waals surface area (Å²) in [4.78, 5) is 38.2. The van der Waals surface area contributed by atoms with Crippen LogP contribution in [-0.2, 0) is 4.79 Å². The van der Waals surface area contributed by atoms with Gasteiger partial charge in [-0.3, -0.25) is 9.59 Å². The molecule has 0 aliphatic carbocycles. The maximum absolute atomic E-state index is 12.7. The molecule has 3 amide bonds. The zero-order chi connectivity index (χ0) is 20.1. The van der Waals surface area contributed by atoms with Gasteiger partial charge in [-0.2, -0.15) is 0 Å². The minimum atomic E-state index is -0.543. The van der Waals surface area contributed by atoms with Crippen LogP contribution in [0.1, 0.15) is 30.1 Å². The maximum Gasteiger partial charge on any atom is 0.322 e. The van der Waals surface area contributed by atoms with Gasteiger partial charge in [0.25, 0.3) is 0 Å². The van der Waals surface area contributed by atoms with E-state index < -0.39 is 6.04 Å². The highest BCUT2D eigenvalue weighted by atomic mass is 16.5. The molecule has 1 fully saturated rings. The summed E-state index contributed by atoms with van der Waals surface area (Å²) in [7, 11) is 1.56. The van der Waals surface area contributed by atoms with E-state index in [4.69, 9.17) is 4.74 Å². The maximum atomic E-state index is 12.7. The molecule has 0 bridgehead atoms. The molecular formula is C21H23N3O4. The van der Waals surface area contributed by atoms with Crippen molar-refractivity contribution in [3.63, 3.8) is 0 Å². The van der Waals surface area contributed by atoms with Gasteiger partial charge in [-0.05, 0) is 56.2 Å². The van der Waals surface area contributed by atoms with Crippen LogP contribution >= 0.6 is 0 Å². The molecule has 2 aromatic carbocycles. The number of rotatable bonds is 5. The minimum Gasteiger partial charge on any atom is -0.497 e. The Kier molecular flexibility index (Phi) is 5.93. The fraction of sp³-hybridized carbons (Fsp3) is 0.286. The first kappa shape index (κ1) is 19.4. The first-order valence-corrected chi connectivity index (χ1v) is 9.11. The van der Waals surface area contributed by atoms with E-state index in [0.29, 0.717) is 35.7 Å². The molecule has 0 aromatic heterocycles. The van der Waals surface area contributed by atoms with Crippen LogP contribution in [0, 0.1) is 0 Å². The van der Waals surface area contributed by atoms with Gasteiger partial charge in [-0.1, -0.05) is 6.07 Å². The fourth-order valence-corrected chi connectivity index (χ4v) is 3.19. The van der Waals surface area contributed by atoms with Crippen molar-refractivity contribution in [3.8, 4) is 5.75 Å². The zero-order valence-corrected chi connectivity index (χ0v) is 15.9. The Morgan fingerprint density at radius 2 is 1.79 bits per heavy atom. The van der Waals surface area contributed by atoms with Gasteiger partial charge in [0.05, 0.1) is 7.11 Å². The normalized spacial score (nSPS) is 15.8. The van der Waals surface area contributed by atoms with Crippen LogP contribution in [-0.4, -0.2) is 42.3 Å². The van der Waals surface area contributed by atoms with E-state index in [1.807, 2.05) is 0 Å². The second-order valence-corrected chi connectivity index (χ2v) is 6.64. The van der Waals surface area contributed by atoms with Crippen molar-refractivity contribution >= 4 is 29.1 Å². The lowest BCUT2D eigenvalue weighted by Crippen LogP contribution is -2.45. The first-order chi connectivity index (χ1) is 13.5. The van der Waals surface area contributed by atoms with Gasteiger partial charge < -0.3 is 20.3 Å². The van der Waals surface area contributed by atoms with Gasteiger partial charge in [0.1, 0.15) is 11.8 Å². The van der Waals surface area contributed by atoms with Crippen molar-refractivity contribution in [2.75, 3.05) is 24.3 Å². The number of methoxy groups -OCH3 is 1. The van der Waals surface area contributed by atoms with E-state index in [9.17, 15) is 14.4 Å². The fourth-order valence-electron chi connectivity index (χ4n) is 3.19. The molecule has 1 atom stereocenters. The lowest BCUT2D eigenvalue weighted by molar-refractivity contribution is -0.119. The molecule has 2 aromatic rings. The molecule has 0 radical (unpaired) electrons.